The molecule has 1 fully saturated rings. The molecule has 150 valence electrons. The number of aromatic amines is 1. The first-order chi connectivity index (χ1) is 14.1. The molecule has 1 N–H and O–H groups in total. The first-order valence-corrected chi connectivity index (χ1v) is 9.52. The largest absolute Gasteiger partial charge is 0.425 e. The second kappa shape index (κ2) is 8.48. The monoisotopic (exact) mass is 397 g/mol. The molecule has 8 heteroatoms. The smallest absolute Gasteiger partial charge is 0.302 e. The summed E-state index contributed by atoms with van der Waals surface area (Å²) in [4.78, 5) is 35.4. The van der Waals surface area contributed by atoms with Crippen molar-refractivity contribution in [3.05, 3.63) is 58.4 Å². The number of hydrogen-bond donors (Lipinski definition) is 1. The first kappa shape index (κ1) is 19.2. The predicted octanol–water partition coefficient (Wildman–Crippen LogP) is 3.64. The molecule has 1 atom stereocenters. The van der Waals surface area contributed by atoms with Gasteiger partial charge in [0.05, 0.1) is 17.1 Å². The Labute approximate surface area is 165 Å². The number of rotatable bonds is 5. The summed E-state index contributed by atoms with van der Waals surface area (Å²) < 4.78 is 25.1. The maximum absolute atomic E-state index is 14.1. The number of benzene rings is 1. The van der Waals surface area contributed by atoms with Crippen LogP contribution >= 0.6 is 0 Å². The number of H-pyrrole nitrogens is 1. The highest BCUT2D eigenvalue weighted by Crippen LogP contribution is 2.25. The van der Waals surface area contributed by atoms with Crippen LogP contribution in [0, 0.1) is 11.7 Å². The van der Waals surface area contributed by atoms with Crippen LogP contribution < -0.4 is 10.3 Å². The van der Waals surface area contributed by atoms with Crippen LogP contribution in [0.4, 0.5) is 4.39 Å². The average molecular weight is 397 g/mol. The maximum atomic E-state index is 14.1. The third kappa shape index (κ3) is 4.65. The van der Waals surface area contributed by atoms with Crippen molar-refractivity contribution in [1.29, 1.82) is 0 Å². The van der Waals surface area contributed by atoms with Crippen molar-refractivity contribution >= 4 is 16.7 Å². The zero-order chi connectivity index (χ0) is 20.2. The van der Waals surface area contributed by atoms with E-state index in [1.807, 2.05) is 0 Å². The molecule has 3 heterocycles. The molecule has 1 saturated heterocycles. The van der Waals surface area contributed by atoms with Crippen LogP contribution in [0.1, 0.15) is 36.0 Å². The number of halogens is 1. The molecule has 0 amide bonds. The van der Waals surface area contributed by atoms with Gasteiger partial charge >= 0.3 is 6.01 Å². The van der Waals surface area contributed by atoms with E-state index in [4.69, 9.17) is 9.47 Å². The van der Waals surface area contributed by atoms with E-state index >= 15 is 0 Å². The number of nitrogens with one attached hydrogen (secondary N) is 1. The fraction of sp³-hybridized carbons (Fsp3) is 0.333. The van der Waals surface area contributed by atoms with E-state index in [1.54, 1.807) is 6.07 Å². The number of carbonyl (C=O) groups is 1. The van der Waals surface area contributed by atoms with Crippen LogP contribution in [0.2, 0.25) is 0 Å². The van der Waals surface area contributed by atoms with Gasteiger partial charge in [0.15, 0.2) is 5.78 Å². The van der Waals surface area contributed by atoms with E-state index in [0.29, 0.717) is 23.9 Å². The quantitative estimate of drug-likeness (QED) is 0.661. The number of aromatic nitrogens is 3. The van der Waals surface area contributed by atoms with Crippen LogP contribution in [0.5, 0.6) is 11.8 Å². The van der Waals surface area contributed by atoms with Crippen LogP contribution in [-0.2, 0) is 4.74 Å². The van der Waals surface area contributed by atoms with E-state index in [2.05, 4.69) is 15.0 Å². The molecule has 29 heavy (non-hydrogen) atoms. The summed E-state index contributed by atoms with van der Waals surface area (Å²) in [5, 5.41) is 0.370. The van der Waals surface area contributed by atoms with E-state index in [0.717, 1.165) is 31.9 Å². The molecule has 2 aromatic heterocycles. The van der Waals surface area contributed by atoms with E-state index in [1.165, 1.54) is 24.5 Å². The molecule has 3 aromatic rings. The summed E-state index contributed by atoms with van der Waals surface area (Å²) in [5.41, 5.74) is 0.195. The lowest BCUT2D eigenvalue weighted by atomic mass is 9.92. The van der Waals surface area contributed by atoms with Gasteiger partial charge in [0.2, 0.25) is 0 Å². The number of Topliss-reactive ketones (excluding diaryl/α,β-unsaturated/α-hetero) is 1. The molecule has 1 aliphatic heterocycles. The van der Waals surface area contributed by atoms with E-state index < -0.39 is 11.4 Å². The predicted molar refractivity (Wildman–Crippen MR) is 104 cm³/mol. The standard InChI is InChI=1S/C21H20FN3O4/c22-15-9-14(19(26)8-13-2-1-6-28-7-4-13)10-16(11-15)29-21-24-18-12-23-5-3-17(18)20(27)25-21/h3,5,9-13H,1-2,4,6-8H2,(H,24,25,27). The van der Waals surface area contributed by atoms with Crippen molar-refractivity contribution in [2.24, 2.45) is 5.92 Å². The van der Waals surface area contributed by atoms with Crippen LogP contribution in [0.25, 0.3) is 10.9 Å². The molecule has 1 aromatic carbocycles. The molecule has 0 aliphatic carbocycles. The highest BCUT2D eigenvalue weighted by molar-refractivity contribution is 5.96. The Morgan fingerprint density at radius 2 is 2.17 bits per heavy atom. The number of ketones is 1. The number of ether oxygens (including phenoxy) is 2. The summed E-state index contributed by atoms with van der Waals surface area (Å²) in [5.74, 6) is -0.433. The second-order valence-electron chi connectivity index (χ2n) is 7.08. The fourth-order valence-corrected chi connectivity index (χ4v) is 3.47. The molecule has 1 aliphatic rings. The van der Waals surface area contributed by atoms with Gasteiger partial charge in [0.1, 0.15) is 11.6 Å². The van der Waals surface area contributed by atoms with Crippen molar-refractivity contribution in [1.82, 2.24) is 15.0 Å². The summed E-state index contributed by atoms with van der Waals surface area (Å²) >= 11 is 0. The van der Waals surface area contributed by atoms with E-state index in [-0.39, 0.29) is 29.0 Å². The highest BCUT2D eigenvalue weighted by Gasteiger charge is 2.19. The Hall–Kier alpha value is -3.13. The Morgan fingerprint density at radius 3 is 3.07 bits per heavy atom. The SMILES string of the molecule is O=C(CC1CCCOCC1)c1cc(F)cc(Oc2nc3cnccc3c(=O)[nH]2)c1. The lowest BCUT2D eigenvalue weighted by molar-refractivity contribution is 0.0951. The van der Waals surface area contributed by atoms with E-state index in [9.17, 15) is 14.0 Å². The molecule has 0 saturated carbocycles. The summed E-state index contributed by atoms with van der Waals surface area (Å²) in [6, 6.07) is 5.25. The Bertz CT molecular complexity index is 1090. The van der Waals surface area contributed by atoms with Crippen molar-refractivity contribution in [3.8, 4) is 11.8 Å². The Kier molecular flexibility index (Phi) is 5.62. The molecule has 0 radical (unpaired) electrons. The van der Waals surface area contributed by atoms with Gasteiger partial charge in [-0.25, -0.2) is 4.39 Å². The number of fused-ring (bicyclic) bond motifs is 1. The lowest BCUT2D eigenvalue weighted by Gasteiger charge is -2.13. The van der Waals surface area contributed by atoms with Gasteiger partial charge in [-0.3, -0.25) is 19.6 Å². The van der Waals surface area contributed by atoms with Gasteiger partial charge in [-0.05, 0) is 43.4 Å². The molecule has 1 unspecified atom stereocenters. The van der Waals surface area contributed by atoms with Crippen molar-refractivity contribution < 1.29 is 18.7 Å². The van der Waals surface area contributed by atoms with Crippen molar-refractivity contribution in [2.75, 3.05) is 13.2 Å². The molecule has 7 nitrogen and oxygen atoms in total. The molecule has 0 bridgehead atoms. The molecular weight excluding hydrogens is 377 g/mol. The highest BCUT2D eigenvalue weighted by atomic mass is 19.1. The topological polar surface area (TPSA) is 94.2 Å². The van der Waals surface area contributed by atoms with Gasteiger partial charge in [-0.2, -0.15) is 4.98 Å². The zero-order valence-electron chi connectivity index (χ0n) is 15.7. The molecule has 0 spiro atoms. The third-order valence-corrected chi connectivity index (χ3v) is 4.94. The Balaban J connectivity index is 1.55. The van der Waals surface area contributed by atoms with Crippen LogP contribution in [-0.4, -0.2) is 33.9 Å². The molecule has 4 rings (SSSR count). The molecular formula is C21H20FN3O4. The summed E-state index contributed by atoms with van der Waals surface area (Å²) in [6.07, 6.45) is 5.93. The number of hydrogen-bond acceptors (Lipinski definition) is 6. The summed E-state index contributed by atoms with van der Waals surface area (Å²) in [7, 11) is 0. The lowest BCUT2D eigenvalue weighted by Crippen LogP contribution is -2.11. The summed E-state index contributed by atoms with van der Waals surface area (Å²) in [6.45, 7) is 1.36. The number of nitrogens with zero attached hydrogens (tertiary/aromatic N) is 2. The van der Waals surface area contributed by atoms with Crippen molar-refractivity contribution in [2.45, 2.75) is 25.7 Å². The Morgan fingerprint density at radius 1 is 1.28 bits per heavy atom. The van der Waals surface area contributed by atoms with Gasteiger partial charge < -0.3 is 9.47 Å². The van der Waals surface area contributed by atoms with Gasteiger partial charge in [-0.15, -0.1) is 0 Å². The zero-order valence-corrected chi connectivity index (χ0v) is 15.7. The van der Waals surface area contributed by atoms with Crippen molar-refractivity contribution in [3.63, 3.8) is 0 Å². The van der Waals surface area contributed by atoms with Crippen LogP contribution in [0.15, 0.2) is 41.5 Å². The number of pyridine rings is 1. The fourth-order valence-electron chi connectivity index (χ4n) is 3.47. The minimum atomic E-state index is -0.597. The number of carbonyl (C=O) groups excluding carboxylic acids is 1. The minimum absolute atomic E-state index is 0.0870. The maximum Gasteiger partial charge on any atom is 0.302 e. The second-order valence-corrected chi connectivity index (χ2v) is 7.08. The average Bonchev–Trinajstić information content (AvgIpc) is 2.96. The third-order valence-electron chi connectivity index (χ3n) is 4.94. The van der Waals surface area contributed by atoms with Crippen LogP contribution in [0.3, 0.4) is 0 Å². The van der Waals surface area contributed by atoms with Gasteiger partial charge in [-0.1, -0.05) is 0 Å². The minimum Gasteiger partial charge on any atom is -0.425 e. The van der Waals surface area contributed by atoms with Gasteiger partial charge in [0, 0.05) is 37.5 Å². The van der Waals surface area contributed by atoms with Gasteiger partial charge in [0.25, 0.3) is 5.56 Å². The first-order valence-electron chi connectivity index (χ1n) is 9.52. The normalized spacial score (nSPS) is 17.1.